The Morgan fingerprint density at radius 3 is 2.78 bits per heavy atom. The number of β-amino-alcohol motifs (C(OH)–C–C–N with tert-alkyl or cyclic N) is 1. The van der Waals surface area contributed by atoms with Crippen molar-refractivity contribution in [3.8, 4) is 0 Å². The molecule has 0 radical (unpaired) electrons. The minimum absolute atomic E-state index is 0.170. The molecule has 1 aliphatic rings. The van der Waals surface area contributed by atoms with Gasteiger partial charge < -0.3 is 5.11 Å². The lowest BCUT2D eigenvalue weighted by molar-refractivity contribution is -0.109. The number of alkyl halides is 2. The van der Waals surface area contributed by atoms with Crippen LogP contribution < -0.4 is 0 Å². The minimum atomic E-state index is -2.90. The smallest absolute Gasteiger partial charge is 0.263 e. The number of hydrogen-bond acceptors (Lipinski definition) is 2. The van der Waals surface area contributed by atoms with Crippen molar-refractivity contribution < 1.29 is 18.3 Å². The Hall–Kier alpha value is -0.780. The summed E-state index contributed by atoms with van der Waals surface area (Å²) in [4.78, 5) is 1.42. The van der Waals surface area contributed by atoms with E-state index in [-0.39, 0.29) is 18.1 Å². The number of aliphatic hydroxyl groups is 1. The quantitative estimate of drug-likeness (QED) is 0.900. The summed E-state index contributed by atoms with van der Waals surface area (Å²) in [7, 11) is 0. The van der Waals surface area contributed by atoms with E-state index in [2.05, 4.69) is 0 Å². The zero-order valence-electron chi connectivity index (χ0n) is 9.54. The third kappa shape index (κ3) is 3.37. The second kappa shape index (κ2) is 5.07. The van der Waals surface area contributed by atoms with Crippen LogP contribution in [0.15, 0.2) is 18.2 Å². The highest BCUT2D eigenvalue weighted by Gasteiger charge is 2.39. The molecule has 1 saturated heterocycles. The van der Waals surface area contributed by atoms with Crippen LogP contribution in [0.3, 0.4) is 0 Å². The number of nitrogens with zero attached hydrogens (tertiary/aromatic N) is 1. The molecule has 1 aromatic carbocycles. The van der Waals surface area contributed by atoms with E-state index in [1.54, 1.807) is 0 Å². The number of likely N-dealkylation sites (tertiary alicyclic amines) is 1. The van der Waals surface area contributed by atoms with Crippen LogP contribution in [-0.2, 0) is 6.54 Å². The van der Waals surface area contributed by atoms with Crippen LogP contribution in [0.25, 0.3) is 0 Å². The van der Waals surface area contributed by atoms with E-state index in [4.69, 9.17) is 11.6 Å². The first-order valence-corrected chi connectivity index (χ1v) is 5.96. The van der Waals surface area contributed by atoms with Gasteiger partial charge in [0, 0.05) is 24.5 Å². The fourth-order valence-electron chi connectivity index (χ4n) is 2.17. The largest absolute Gasteiger partial charge is 0.392 e. The van der Waals surface area contributed by atoms with Crippen molar-refractivity contribution in [3.63, 3.8) is 0 Å². The Balaban J connectivity index is 2.09. The van der Waals surface area contributed by atoms with Crippen molar-refractivity contribution in [2.75, 3.05) is 13.1 Å². The van der Waals surface area contributed by atoms with E-state index in [0.29, 0.717) is 5.56 Å². The second-order valence-electron chi connectivity index (χ2n) is 4.62. The van der Waals surface area contributed by atoms with E-state index in [1.165, 1.54) is 17.0 Å². The summed E-state index contributed by atoms with van der Waals surface area (Å²) in [6.07, 6.45) is -1.56. The van der Waals surface area contributed by atoms with Gasteiger partial charge in [-0.1, -0.05) is 17.7 Å². The third-order valence-corrected chi connectivity index (χ3v) is 3.22. The van der Waals surface area contributed by atoms with Gasteiger partial charge in [0.15, 0.2) is 0 Å². The predicted octanol–water partition coefficient (Wildman–Crippen LogP) is 2.68. The average molecular weight is 280 g/mol. The van der Waals surface area contributed by atoms with Gasteiger partial charge >= 0.3 is 0 Å². The number of rotatable bonds is 2. The van der Waals surface area contributed by atoms with Crippen molar-refractivity contribution >= 4 is 11.6 Å². The van der Waals surface area contributed by atoms with Crippen molar-refractivity contribution in [3.05, 3.63) is 34.6 Å². The lowest BCUT2D eigenvalue weighted by Crippen LogP contribution is -2.48. The molecule has 0 aromatic heterocycles. The number of halogens is 4. The normalized spacial score (nSPS) is 24.2. The summed E-state index contributed by atoms with van der Waals surface area (Å²) >= 11 is 5.84. The molecule has 0 amide bonds. The Morgan fingerprint density at radius 1 is 1.44 bits per heavy atom. The molecule has 100 valence electrons. The average Bonchev–Trinajstić information content (AvgIpc) is 2.19. The molecular weight excluding hydrogens is 267 g/mol. The molecule has 6 heteroatoms. The van der Waals surface area contributed by atoms with Crippen molar-refractivity contribution in [2.45, 2.75) is 25.0 Å². The van der Waals surface area contributed by atoms with Crippen LogP contribution in [0.4, 0.5) is 13.2 Å². The molecular formula is C12H13ClF3NO. The van der Waals surface area contributed by atoms with Gasteiger partial charge in [0.1, 0.15) is 5.82 Å². The summed E-state index contributed by atoms with van der Waals surface area (Å²) < 4.78 is 39.4. The molecule has 18 heavy (non-hydrogen) atoms. The number of aliphatic hydroxyl groups excluding tert-OH is 1. The van der Waals surface area contributed by atoms with Crippen LogP contribution >= 0.6 is 11.6 Å². The predicted molar refractivity (Wildman–Crippen MR) is 62.3 cm³/mol. The van der Waals surface area contributed by atoms with Crippen LogP contribution in [0.5, 0.6) is 0 Å². The summed E-state index contributed by atoms with van der Waals surface area (Å²) in [5.41, 5.74) is 0.572. The Bertz CT molecular complexity index is 441. The monoisotopic (exact) mass is 279 g/mol. The van der Waals surface area contributed by atoms with E-state index >= 15 is 0 Å². The highest BCUT2D eigenvalue weighted by molar-refractivity contribution is 6.31. The summed E-state index contributed by atoms with van der Waals surface area (Å²) in [6, 6.07) is 3.85. The van der Waals surface area contributed by atoms with E-state index in [9.17, 15) is 18.3 Å². The molecule has 0 aliphatic carbocycles. The van der Waals surface area contributed by atoms with Gasteiger partial charge in [-0.2, -0.15) is 0 Å². The molecule has 0 unspecified atom stereocenters. The number of benzene rings is 1. The molecule has 2 nitrogen and oxygen atoms in total. The van der Waals surface area contributed by atoms with Gasteiger partial charge in [-0.3, -0.25) is 4.90 Å². The fourth-order valence-corrected chi connectivity index (χ4v) is 2.40. The maximum Gasteiger partial charge on any atom is 0.263 e. The highest BCUT2D eigenvalue weighted by Crippen LogP contribution is 2.29. The van der Waals surface area contributed by atoms with Crippen molar-refractivity contribution in [2.24, 2.45) is 0 Å². The van der Waals surface area contributed by atoms with Crippen LogP contribution in [0, 0.1) is 5.82 Å². The van der Waals surface area contributed by atoms with E-state index in [0.717, 1.165) is 6.07 Å². The van der Waals surface area contributed by atoms with E-state index < -0.39 is 30.8 Å². The Kier molecular flexibility index (Phi) is 3.84. The van der Waals surface area contributed by atoms with Crippen molar-refractivity contribution in [1.82, 2.24) is 4.90 Å². The zero-order valence-corrected chi connectivity index (χ0v) is 10.3. The minimum Gasteiger partial charge on any atom is -0.392 e. The maximum absolute atomic E-state index is 13.3. The standard InChI is InChI=1S/C12H13ClF3NO/c13-11-3-9(14)2-1-8(11)5-17-6-10(18)4-12(15,16)7-17/h1-3,10,18H,4-7H2/t10-/m1/s1. The summed E-state index contributed by atoms with van der Waals surface area (Å²) in [5.74, 6) is -3.36. The molecule has 1 aliphatic heterocycles. The molecule has 2 rings (SSSR count). The summed E-state index contributed by atoms with van der Waals surface area (Å²) in [6.45, 7) is -0.0766. The molecule has 1 atom stereocenters. The van der Waals surface area contributed by atoms with Gasteiger partial charge in [-0.25, -0.2) is 13.2 Å². The van der Waals surface area contributed by atoms with Crippen LogP contribution in [0.2, 0.25) is 5.02 Å². The van der Waals surface area contributed by atoms with Gasteiger partial charge in [0.05, 0.1) is 12.6 Å². The lowest BCUT2D eigenvalue weighted by atomic mass is 10.0. The SMILES string of the molecule is O[C@H]1CN(Cc2ccc(F)cc2Cl)CC(F)(F)C1. The summed E-state index contributed by atoms with van der Waals surface area (Å²) in [5, 5.41) is 9.60. The second-order valence-corrected chi connectivity index (χ2v) is 5.03. The first-order chi connectivity index (χ1) is 8.35. The molecule has 1 N–H and O–H groups in total. The molecule has 1 aromatic rings. The van der Waals surface area contributed by atoms with Crippen LogP contribution in [-0.4, -0.2) is 35.1 Å². The molecule has 0 saturated carbocycles. The molecule has 1 fully saturated rings. The Morgan fingerprint density at radius 2 is 2.17 bits per heavy atom. The third-order valence-electron chi connectivity index (χ3n) is 2.87. The molecule has 0 bridgehead atoms. The Labute approximate surface area is 108 Å². The topological polar surface area (TPSA) is 23.5 Å². The first-order valence-electron chi connectivity index (χ1n) is 5.58. The van der Waals surface area contributed by atoms with E-state index in [1.807, 2.05) is 0 Å². The van der Waals surface area contributed by atoms with Crippen LogP contribution in [0.1, 0.15) is 12.0 Å². The first kappa shape index (κ1) is 13.6. The molecule has 1 heterocycles. The maximum atomic E-state index is 13.3. The van der Waals surface area contributed by atoms with Gasteiger partial charge in [-0.15, -0.1) is 0 Å². The fraction of sp³-hybridized carbons (Fsp3) is 0.500. The van der Waals surface area contributed by atoms with Gasteiger partial charge in [0.2, 0.25) is 0 Å². The highest BCUT2D eigenvalue weighted by atomic mass is 35.5. The number of piperidine rings is 1. The molecule has 0 spiro atoms. The zero-order chi connectivity index (χ0) is 13.3. The van der Waals surface area contributed by atoms with Gasteiger partial charge in [0.25, 0.3) is 5.92 Å². The van der Waals surface area contributed by atoms with Gasteiger partial charge in [-0.05, 0) is 17.7 Å². The van der Waals surface area contributed by atoms with Crippen molar-refractivity contribution in [1.29, 1.82) is 0 Å². The number of hydrogen-bond donors (Lipinski definition) is 1. The lowest BCUT2D eigenvalue weighted by Gasteiger charge is -2.35.